The van der Waals surface area contributed by atoms with Gasteiger partial charge in [0, 0.05) is 10.9 Å². The second-order valence-electron chi connectivity index (χ2n) is 6.54. The van der Waals surface area contributed by atoms with Crippen molar-refractivity contribution in [2.45, 2.75) is 12.2 Å². The lowest BCUT2D eigenvalue weighted by atomic mass is 10.2. The first-order chi connectivity index (χ1) is 13.8. The van der Waals surface area contributed by atoms with Crippen LogP contribution in [0.15, 0.2) is 53.9 Å². The van der Waals surface area contributed by atoms with Crippen molar-refractivity contribution in [2.24, 2.45) is 0 Å². The van der Waals surface area contributed by atoms with Gasteiger partial charge in [0.25, 0.3) is 0 Å². The molecule has 28 heavy (non-hydrogen) atoms. The molecule has 0 bridgehead atoms. The van der Waals surface area contributed by atoms with E-state index in [2.05, 4.69) is 9.59 Å². The smallest absolute Gasteiger partial charge is 0.181 e. The molecule has 0 aliphatic carbocycles. The molecular formula is C20H22N3O4S+. The molecule has 4 rings (SSSR count). The van der Waals surface area contributed by atoms with E-state index in [0.29, 0.717) is 25.4 Å². The lowest BCUT2D eigenvalue weighted by Crippen LogP contribution is -2.89. The Hall–Kier alpha value is -2.68. The first kappa shape index (κ1) is 18.7. The summed E-state index contributed by atoms with van der Waals surface area (Å²) in [4.78, 5) is 0. The van der Waals surface area contributed by atoms with Crippen LogP contribution >= 0.6 is 11.5 Å². The van der Waals surface area contributed by atoms with E-state index in [1.807, 2.05) is 59.2 Å². The molecule has 1 aliphatic rings. The standard InChI is InChI=1S/C20H21N3O4S/c24-15(9-21-10-17-12-26-19-3-1-2-4-20(19)27-17)11-25-16-7-5-14(6-8-16)18-13-28-23-22-18/h1-8,13,15,17,21,24H,9-12H2/p+1/t15-,17-/m0/s1. The predicted molar refractivity (Wildman–Crippen MR) is 105 cm³/mol. The molecule has 0 radical (unpaired) electrons. The van der Waals surface area contributed by atoms with E-state index < -0.39 is 6.10 Å². The van der Waals surface area contributed by atoms with Gasteiger partial charge in [-0.15, -0.1) is 5.10 Å². The number of rotatable bonds is 8. The third-order valence-electron chi connectivity index (χ3n) is 4.39. The maximum absolute atomic E-state index is 10.2. The minimum absolute atomic E-state index is 0.0317. The highest BCUT2D eigenvalue weighted by molar-refractivity contribution is 7.03. The zero-order valence-corrected chi connectivity index (χ0v) is 16.0. The Morgan fingerprint density at radius 3 is 2.79 bits per heavy atom. The molecular weight excluding hydrogens is 378 g/mol. The van der Waals surface area contributed by atoms with Crippen LogP contribution in [0.1, 0.15) is 0 Å². The maximum atomic E-state index is 10.2. The second-order valence-corrected chi connectivity index (χ2v) is 7.15. The number of nitrogens with zero attached hydrogens (tertiary/aromatic N) is 2. The van der Waals surface area contributed by atoms with Crippen molar-refractivity contribution in [3.8, 4) is 28.5 Å². The number of para-hydroxylation sites is 2. The summed E-state index contributed by atoms with van der Waals surface area (Å²) in [5.74, 6) is 2.27. The highest BCUT2D eigenvalue weighted by Gasteiger charge is 2.22. The van der Waals surface area contributed by atoms with Crippen molar-refractivity contribution >= 4 is 11.5 Å². The van der Waals surface area contributed by atoms with E-state index in [1.165, 1.54) is 11.5 Å². The van der Waals surface area contributed by atoms with Gasteiger partial charge in [0.15, 0.2) is 17.6 Å². The van der Waals surface area contributed by atoms with E-state index in [-0.39, 0.29) is 12.7 Å². The van der Waals surface area contributed by atoms with Gasteiger partial charge in [-0.25, -0.2) is 0 Å². The number of hydrogen-bond acceptors (Lipinski definition) is 7. The number of nitrogens with two attached hydrogens (primary N) is 1. The summed E-state index contributed by atoms with van der Waals surface area (Å²) >= 11 is 1.32. The first-order valence-corrected chi connectivity index (χ1v) is 10.00. The summed E-state index contributed by atoms with van der Waals surface area (Å²) in [7, 11) is 0. The van der Waals surface area contributed by atoms with Gasteiger partial charge in [-0.3, -0.25) is 0 Å². The monoisotopic (exact) mass is 400 g/mol. The number of aliphatic hydroxyl groups excluding tert-OH is 1. The third-order valence-corrected chi connectivity index (χ3v) is 4.89. The molecule has 7 nitrogen and oxygen atoms in total. The number of ether oxygens (including phenoxy) is 3. The fraction of sp³-hybridized carbons (Fsp3) is 0.300. The molecule has 2 aromatic carbocycles. The van der Waals surface area contributed by atoms with Crippen LogP contribution < -0.4 is 19.5 Å². The molecule has 2 atom stereocenters. The van der Waals surface area contributed by atoms with Gasteiger partial charge < -0.3 is 24.6 Å². The van der Waals surface area contributed by atoms with Gasteiger partial charge >= 0.3 is 0 Å². The fourth-order valence-electron chi connectivity index (χ4n) is 2.93. The first-order valence-electron chi connectivity index (χ1n) is 9.16. The molecule has 0 unspecified atom stereocenters. The number of aromatic nitrogens is 2. The summed E-state index contributed by atoms with van der Waals surface area (Å²) in [5.41, 5.74) is 1.84. The number of quaternary nitrogens is 1. The Bertz CT molecular complexity index is 873. The minimum atomic E-state index is -0.570. The molecule has 1 aromatic heterocycles. The van der Waals surface area contributed by atoms with Gasteiger partial charge in [0.1, 0.15) is 43.9 Å². The largest absolute Gasteiger partial charge is 0.491 e. The molecule has 0 saturated carbocycles. The van der Waals surface area contributed by atoms with Crippen LogP contribution in [0.5, 0.6) is 17.2 Å². The SMILES string of the molecule is O[C@@H](C[NH2+]C[C@H]1COc2ccccc2O1)COc1ccc(-c2csnn2)cc1. The number of hydrogen-bond donors (Lipinski definition) is 2. The van der Waals surface area contributed by atoms with Gasteiger partial charge in [-0.2, -0.15) is 0 Å². The lowest BCUT2D eigenvalue weighted by Gasteiger charge is -2.25. The van der Waals surface area contributed by atoms with Crippen molar-refractivity contribution in [3.05, 3.63) is 53.9 Å². The summed E-state index contributed by atoms with van der Waals surface area (Å²) in [5, 5.41) is 18.1. The van der Waals surface area contributed by atoms with Crippen molar-refractivity contribution in [1.82, 2.24) is 9.59 Å². The fourth-order valence-corrected chi connectivity index (χ4v) is 3.39. The molecule has 0 amide bonds. The van der Waals surface area contributed by atoms with Gasteiger partial charge in [0.2, 0.25) is 0 Å². The van der Waals surface area contributed by atoms with Crippen molar-refractivity contribution in [3.63, 3.8) is 0 Å². The Labute approximate surface area is 167 Å². The summed E-state index contributed by atoms with van der Waals surface area (Å²) in [6.45, 7) is 1.99. The number of fused-ring (bicyclic) bond motifs is 1. The molecule has 3 aromatic rings. The van der Waals surface area contributed by atoms with Crippen LogP contribution in [0.3, 0.4) is 0 Å². The molecule has 0 fully saturated rings. The highest BCUT2D eigenvalue weighted by Crippen LogP contribution is 2.30. The van der Waals surface area contributed by atoms with E-state index in [0.717, 1.165) is 22.8 Å². The number of aliphatic hydroxyl groups is 1. The van der Waals surface area contributed by atoms with E-state index >= 15 is 0 Å². The molecule has 1 aliphatic heterocycles. The van der Waals surface area contributed by atoms with E-state index in [4.69, 9.17) is 14.2 Å². The quantitative estimate of drug-likeness (QED) is 0.593. The summed E-state index contributed by atoms with van der Waals surface area (Å²) < 4.78 is 21.1. The molecule has 0 saturated heterocycles. The summed E-state index contributed by atoms with van der Waals surface area (Å²) in [6, 6.07) is 15.3. The van der Waals surface area contributed by atoms with Gasteiger partial charge in [-0.05, 0) is 47.9 Å². The van der Waals surface area contributed by atoms with Crippen molar-refractivity contribution in [2.75, 3.05) is 26.3 Å². The molecule has 8 heteroatoms. The van der Waals surface area contributed by atoms with Crippen LogP contribution in [-0.4, -0.2) is 53.2 Å². The third kappa shape index (κ3) is 4.78. The maximum Gasteiger partial charge on any atom is 0.181 e. The number of benzene rings is 2. The molecule has 0 spiro atoms. The predicted octanol–water partition coefficient (Wildman–Crippen LogP) is 1.35. The van der Waals surface area contributed by atoms with Crippen molar-refractivity contribution < 1.29 is 24.6 Å². The Balaban J connectivity index is 1.17. The van der Waals surface area contributed by atoms with E-state index in [9.17, 15) is 5.11 Å². The topological polar surface area (TPSA) is 90.3 Å². The second kappa shape index (κ2) is 9.01. The van der Waals surface area contributed by atoms with Crippen LogP contribution in [0.4, 0.5) is 0 Å². The average Bonchev–Trinajstić information content (AvgIpc) is 3.27. The Kier molecular flexibility index (Phi) is 6.01. The van der Waals surface area contributed by atoms with Crippen LogP contribution in [0, 0.1) is 0 Å². The van der Waals surface area contributed by atoms with Crippen LogP contribution in [-0.2, 0) is 0 Å². The molecule has 2 heterocycles. The Morgan fingerprint density at radius 1 is 1.18 bits per heavy atom. The zero-order valence-electron chi connectivity index (χ0n) is 15.2. The highest BCUT2D eigenvalue weighted by atomic mass is 32.1. The average molecular weight is 400 g/mol. The summed E-state index contributed by atoms with van der Waals surface area (Å²) in [6.07, 6.45) is -0.602. The molecule has 146 valence electrons. The van der Waals surface area contributed by atoms with Crippen molar-refractivity contribution in [1.29, 1.82) is 0 Å². The lowest BCUT2D eigenvalue weighted by molar-refractivity contribution is -0.666. The normalized spacial score (nSPS) is 16.5. The van der Waals surface area contributed by atoms with Gasteiger partial charge in [0.05, 0.1) is 0 Å². The van der Waals surface area contributed by atoms with Gasteiger partial charge in [-0.1, -0.05) is 16.6 Å². The zero-order chi connectivity index (χ0) is 19.2. The van der Waals surface area contributed by atoms with Crippen LogP contribution in [0.25, 0.3) is 11.3 Å². The molecule has 3 N–H and O–H groups in total. The minimum Gasteiger partial charge on any atom is -0.491 e. The van der Waals surface area contributed by atoms with Crippen LogP contribution in [0.2, 0.25) is 0 Å². The Morgan fingerprint density at radius 2 is 2.00 bits per heavy atom. The van der Waals surface area contributed by atoms with E-state index in [1.54, 1.807) is 0 Å².